The van der Waals surface area contributed by atoms with Gasteiger partial charge in [0, 0.05) is 31.5 Å². The van der Waals surface area contributed by atoms with Gasteiger partial charge in [0.25, 0.3) is 0 Å². The van der Waals surface area contributed by atoms with Crippen molar-refractivity contribution in [1.82, 2.24) is 19.9 Å². The molecular weight excluding hydrogens is 326 g/mol. The van der Waals surface area contributed by atoms with Gasteiger partial charge in [-0.15, -0.1) is 0 Å². The molecule has 0 spiro atoms. The van der Waals surface area contributed by atoms with Crippen LogP contribution in [0.3, 0.4) is 0 Å². The highest BCUT2D eigenvalue weighted by Gasteiger charge is 2.17. The minimum Gasteiger partial charge on any atom is -0.378 e. The molecule has 1 fully saturated rings. The first kappa shape index (κ1) is 16.6. The first-order chi connectivity index (χ1) is 12.7. The van der Waals surface area contributed by atoms with Gasteiger partial charge in [-0.1, -0.05) is 19.3 Å². The first-order valence-electron chi connectivity index (χ1n) is 9.21. The summed E-state index contributed by atoms with van der Waals surface area (Å²) in [5.41, 5.74) is 3.64. The van der Waals surface area contributed by atoms with E-state index in [1.807, 2.05) is 26.2 Å². The molecule has 2 aromatic heterocycles. The zero-order valence-corrected chi connectivity index (χ0v) is 15.3. The Labute approximate surface area is 153 Å². The van der Waals surface area contributed by atoms with Crippen LogP contribution in [0.5, 0.6) is 0 Å². The van der Waals surface area contributed by atoms with Gasteiger partial charge in [0.05, 0.1) is 6.33 Å². The van der Waals surface area contributed by atoms with Crippen molar-refractivity contribution in [3.63, 3.8) is 0 Å². The maximum Gasteiger partial charge on any atom is 0.231 e. The van der Waals surface area contributed by atoms with Gasteiger partial charge in [-0.05, 0) is 37.1 Å². The number of fused-ring (bicyclic) bond motifs is 1. The number of aromatic amines is 1. The van der Waals surface area contributed by atoms with E-state index in [1.54, 1.807) is 6.33 Å². The molecule has 0 atom stereocenters. The lowest BCUT2D eigenvalue weighted by atomic mass is 9.95. The normalized spacial score (nSPS) is 15.2. The second-order valence-electron chi connectivity index (χ2n) is 7.04. The molecule has 3 aromatic rings. The molecular formula is C19H25N7. The van der Waals surface area contributed by atoms with Crippen LogP contribution in [0.1, 0.15) is 32.1 Å². The van der Waals surface area contributed by atoms with Crippen molar-refractivity contribution in [2.24, 2.45) is 0 Å². The minimum absolute atomic E-state index is 0.470. The number of aromatic nitrogens is 4. The molecule has 1 saturated carbocycles. The highest BCUT2D eigenvalue weighted by Crippen LogP contribution is 2.26. The van der Waals surface area contributed by atoms with E-state index in [-0.39, 0.29) is 0 Å². The van der Waals surface area contributed by atoms with Crippen LogP contribution in [0.4, 0.5) is 23.1 Å². The maximum atomic E-state index is 4.71. The van der Waals surface area contributed by atoms with Crippen LogP contribution in [0.15, 0.2) is 30.6 Å². The Bertz CT molecular complexity index is 863. The molecule has 136 valence electrons. The van der Waals surface area contributed by atoms with Crippen molar-refractivity contribution in [3.8, 4) is 0 Å². The van der Waals surface area contributed by atoms with Crippen LogP contribution in [-0.4, -0.2) is 40.1 Å². The van der Waals surface area contributed by atoms with Crippen LogP contribution >= 0.6 is 0 Å². The van der Waals surface area contributed by atoms with E-state index in [1.165, 1.54) is 32.1 Å². The molecule has 26 heavy (non-hydrogen) atoms. The van der Waals surface area contributed by atoms with Crippen LogP contribution in [0.2, 0.25) is 0 Å². The summed E-state index contributed by atoms with van der Waals surface area (Å²) in [5, 5.41) is 6.89. The van der Waals surface area contributed by atoms with Crippen LogP contribution in [0.25, 0.3) is 11.2 Å². The number of rotatable bonds is 5. The Morgan fingerprint density at radius 2 is 1.81 bits per heavy atom. The van der Waals surface area contributed by atoms with Crippen LogP contribution in [-0.2, 0) is 0 Å². The first-order valence-corrected chi connectivity index (χ1v) is 9.21. The lowest BCUT2D eigenvalue weighted by Gasteiger charge is -2.23. The van der Waals surface area contributed by atoms with Gasteiger partial charge in [0.15, 0.2) is 11.5 Å². The second kappa shape index (κ2) is 7.19. The lowest BCUT2D eigenvalue weighted by Crippen LogP contribution is -2.23. The average molecular weight is 351 g/mol. The van der Waals surface area contributed by atoms with E-state index in [0.29, 0.717) is 17.6 Å². The molecule has 0 amide bonds. The predicted octanol–water partition coefficient (Wildman–Crippen LogP) is 3.91. The van der Waals surface area contributed by atoms with Gasteiger partial charge in [-0.3, -0.25) is 0 Å². The van der Waals surface area contributed by atoms with Gasteiger partial charge in [-0.25, -0.2) is 4.98 Å². The topological polar surface area (TPSA) is 81.8 Å². The van der Waals surface area contributed by atoms with Crippen LogP contribution in [0, 0.1) is 0 Å². The quantitative estimate of drug-likeness (QED) is 0.647. The monoisotopic (exact) mass is 351 g/mol. The second-order valence-corrected chi connectivity index (χ2v) is 7.04. The van der Waals surface area contributed by atoms with Crippen molar-refractivity contribution in [2.75, 3.05) is 29.6 Å². The largest absolute Gasteiger partial charge is 0.378 e. The Balaban J connectivity index is 1.58. The molecule has 1 aliphatic carbocycles. The van der Waals surface area contributed by atoms with Gasteiger partial charge in [-0.2, -0.15) is 9.97 Å². The average Bonchev–Trinajstić information content (AvgIpc) is 3.12. The molecule has 7 heteroatoms. The molecule has 7 nitrogen and oxygen atoms in total. The molecule has 3 N–H and O–H groups in total. The van der Waals surface area contributed by atoms with E-state index < -0.39 is 0 Å². The van der Waals surface area contributed by atoms with Crippen molar-refractivity contribution in [3.05, 3.63) is 30.6 Å². The molecule has 4 rings (SSSR count). The molecule has 1 aliphatic rings. The third-order valence-electron chi connectivity index (χ3n) is 4.87. The fourth-order valence-electron chi connectivity index (χ4n) is 3.41. The zero-order chi connectivity index (χ0) is 17.9. The highest BCUT2D eigenvalue weighted by molar-refractivity contribution is 5.84. The molecule has 0 unspecified atom stereocenters. The van der Waals surface area contributed by atoms with E-state index >= 15 is 0 Å². The lowest BCUT2D eigenvalue weighted by molar-refractivity contribution is 0.462. The van der Waals surface area contributed by atoms with E-state index in [4.69, 9.17) is 4.98 Å². The smallest absolute Gasteiger partial charge is 0.231 e. The van der Waals surface area contributed by atoms with E-state index in [9.17, 15) is 0 Å². The Morgan fingerprint density at radius 1 is 1.04 bits per heavy atom. The Kier molecular flexibility index (Phi) is 4.60. The summed E-state index contributed by atoms with van der Waals surface area (Å²) in [4.78, 5) is 18.8. The SMILES string of the molecule is CN(C)c1ccc(Nc2nc(NC3CCCCC3)c3[nH]cnc3n2)cc1. The van der Waals surface area contributed by atoms with Gasteiger partial charge in [0.1, 0.15) is 5.52 Å². The summed E-state index contributed by atoms with van der Waals surface area (Å²) in [7, 11) is 4.06. The number of nitrogens with zero attached hydrogens (tertiary/aromatic N) is 4. The standard InChI is InChI=1S/C19H25N7/c1-26(2)15-10-8-14(9-11-15)23-19-24-17-16(20-12-21-17)18(25-19)22-13-6-4-3-5-7-13/h8-13H,3-7H2,1-2H3,(H3,20,21,22,23,24,25). The van der Waals surface area contributed by atoms with Gasteiger partial charge < -0.3 is 20.5 Å². The predicted molar refractivity (Wildman–Crippen MR) is 106 cm³/mol. The number of hydrogen-bond acceptors (Lipinski definition) is 6. The van der Waals surface area contributed by atoms with Gasteiger partial charge >= 0.3 is 0 Å². The minimum atomic E-state index is 0.470. The summed E-state index contributed by atoms with van der Waals surface area (Å²) in [6, 6.07) is 8.66. The fraction of sp³-hybridized carbons (Fsp3) is 0.421. The van der Waals surface area contributed by atoms with Crippen molar-refractivity contribution in [2.45, 2.75) is 38.1 Å². The maximum absolute atomic E-state index is 4.71. The number of benzene rings is 1. The Hall–Kier alpha value is -2.83. The molecule has 0 saturated heterocycles. The number of nitrogens with one attached hydrogen (secondary N) is 3. The third-order valence-corrected chi connectivity index (χ3v) is 4.87. The summed E-state index contributed by atoms with van der Waals surface area (Å²) in [5.74, 6) is 1.38. The Morgan fingerprint density at radius 3 is 2.54 bits per heavy atom. The summed E-state index contributed by atoms with van der Waals surface area (Å²) in [6.07, 6.45) is 7.93. The molecule has 0 aliphatic heterocycles. The fourth-order valence-corrected chi connectivity index (χ4v) is 3.41. The van der Waals surface area contributed by atoms with Gasteiger partial charge in [0.2, 0.25) is 5.95 Å². The van der Waals surface area contributed by atoms with Crippen molar-refractivity contribution in [1.29, 1.82) is 0 Å². The summed E-state index contributed by atoms with van der Waals surface area (Å²) < 4.78 is 0. The molecule has 0 radical (unpaired) electrons. The van der Waals surface area contributed by atoms with E-state index in [2.05, 4.69) is 42.6 Å². The van der Waals surface area contributed by atoms with E-state index in [0.717, 1.165) is 22.7 Å². The molecule has 1 aromatic carbocycles. The molecule has 2 heterocycles. The number of hydrogen-bond donors (Lipinski definition) is 3. The number of H-pyrrole nitrogens is 1. The molecule has 0 bridgehead atoms. The number of imidazole rings is 1. The number of anilines is 4. The summed E-state index contributed by atoms with van der Waals surface area (Å²) >= 11 is 0. The van der Waals surface area contributed by atoms with Crippen LogP contribution < -0.4 is 15.5 Å². The highest BCUT2D eigenvalue weighted by atomic mass is 15.2. The summed E-state index contributed by atoms with van der Waals surface area (Å²) in [6.45, 7) is 0. The zero-order valence-electron chi connectivity index (χ0n) is 15.3. The third kappa shape index (κ3) is 3.56. The van der Waals surface area contributed by atoms with Crippen molar-refractivity contribution >= 4 is 34.3 Å². The van der Waals surface area contributed by atoms with Crippen molar-refractivity contribution < 1.29 is 0 Å².